The number of hydrogen-bond donors (Lipinski definition) is 2. The van der Waals surface area contributed by atoms with Crippen LogP contribution in [0.1, 0.15) is 36.1 Å². The SMILES string of the molecule is CCc1nnc(NC(=O)C(C)C(C)NC(=O)c2ccc(Oc3ccccc3)nc2)s1. The molecule has 2 amide bonds. The minimum Gasteiger partial charge on any atom is -0.439 e. The Bertz CT molecular complexity index is 991. The molecule has 1 aromatic carbocycles. The van der Waals surface area contributed by atoms with Crippen LogP contribution in [-0.4, -0.2) is 33.0 Å². The molecule has 0 spiro atoms. The minimum atomic E-state index is -0.462. The van der Waals surface area contributed by atoms with Gasteiger partial charge >= 0.3 is 0 Å². The molecule has 0 aliphatic rings. The summed E-state index contributed by atoms with van der Waals surface area (Å²) < 4.78 is 5.62. The summed E-state index contributed by atoms with van der Waals surface area (Å²) in [5.41, 5.74) is 0.381. The van der Waals surface area contributed by atoms with Gasteiger partial charge in [-0.2, -0.15) is 0 Å². The summed E-state index contributed by atoms with van der Waals surface area (Å²) in [6.45, 7) is 5.50. The number of ether oxygens (including phenoxy) is 1. The first kappa shape index (κ1) is 21.4. The van der Waals surface area contributed by atoms with E-state index in [0.29, 0.717) is 22.3 Å². The number of rotatable bonds is 8. The van der Waals surface area contributed by atoms with E-state index in [0.717, 1.165) is 11.4 Å². The molecule has 3 aromatic rings. The van der Waals surface area contributed by atoms with Crippen LogP contribution in [0.5, 0.6) is 11.6 Å². The topological polar surface area (TPSA) is 106 Å². The molecule has 3 rings (SSSR count). The van der Waals surface area contributed by atoms with Gasteiger partial charge in [0.25, 0.3) is 5.91 Å². The number of amides is 2. The molecular weight excluding hydrogens is 402 g/mol. The number of nitrogens with one attached hydrogen (secondary N) is 2. The zero-order valence-electron chi connectivity index (χ0n) is 17.0. The lowest BCUT2D eigenvalue weighted by Crippen LogP contribution is -2.41. The lowest BCUT2D eigenvalue weighted by molar-refractivity contribution is -0.120. The van der Waals surface area contributed by atoms with Crippen LogP contribution in [0.25, 0.3) is 0 Å². The van der Waals surface area contributed by atoms with E-state index in [1.807, 2.05) is 37.3 Å². The highest BCUT2D eigenvalue weighted by Crippen LogP contribution is 2.19. The maximum atomic E-state index is 12.5. The molecule has 9 heteroatoms. The maximum absolute atomic E-state index is 12.5. The number of carbonyl (C=O) groups excluding carboxylic acids is 2. The molecule has 2 atom stereocenters. The Morgan fingerprint density at radius 2 is 1.87 bits per heavy atom. The van der Waals surface area contributed by atoms with Gasteiger partial charge in [-0.05, 0) is 31.5 Å². The molecule has 0 fully saturated rings. The van der Waals surface area contributed by atoms with Crippen LogP contribution in [-0.2, 0) is 11.2 Å². The summed E-state index contributed by atoms with van der Waals surface area (Å²) in [5, 5.41) is 14.8. The van der Waals surface area contributed by atoms with E-state index < -0.39 is 12.0 Å². The zero-order valence-corrected chi connectivity index (χ0v) is 17.8. The minimum absolute atomic E-state index is 0.230. The lowest BCUT2D eigenvalue weighted by Gasteiger charge is -2.20. The number of pyridine rings is 1. The average Bonchev–Trinajstić information content (AvgIpc) is 3.21. The molecule has 0 bridgehead atoms. The highest BCUT2D eigenvalue weighted by molar-refractivity contribution is 7.15. The number of para-hydroxylation sites is 1. The number of aromatic nitrogens is 3. The highest BCUT2D eigenvalue weighted by atomic mass is 32.1. The highest BCUT2D eigenvalue weighted by Gasteiger charge is 2.23. The van der Waals surface area contributed by atoms with Gasteiger partial charge in [-0.25, -0.2) is 4.98 Å². The molecular formula is C21H23N5O3S. The van der Waals surface area contributed by atoms with E-state index in [-0.39, 0.29) is 11.8 Å². The van der Waals surface area contributed by atoms with Gasteiger partial charge in [0.15, 0.2) is 0 Å². The monoisotopic (exact) mass is 425 g/mol. The third-order valence-electron chi connectivity index (χ3n) is 4.49. The second-order valence-corrected chi connectivity index (χ2v) is 7.76. The van der Waals surface area contributed by atoms with Gasteiger partial charge in [-0.1, -0.05) is 43.4 Å². The standard InChI is InChI=1S/C21H23N5O3S/c1-4-18-25-26-21(30-18)24-19(27)13(2)14(3)23-20(28)15-10-11-17(22-12-15)29-16-8-6-5-7-9-16/h5-14H,4H2,1-3H3,(H,23,28)(H,24,26,27). The summed E-state index contributed by atoms with van der Waals surface area (Å²) in [6.07, 6.45) is 2.21. The predicted octanol–water partition coefficient (Wildman–Crippen LogP) is 3.68. The van der Waals surface area contributed by atoms with Crippen LogP contribution in [0.3, 0.4) is 0 Å². The normalized spacial score (nSPS) is 12.6. The molecule has 2 heterocycles. The first-order valence-corrected chi connectivity index (χ1v) is 10.4. The van der Waals surface area contributed by atoms with Crippen LogP contribution in [0.4, 0.5) is 5.13 Å². The Hall–Kier alpha value is -3.33. The number of aryl methyl sites for hydroxylation is 1. The fourth-order valence-electron chi connectivity index (χ4n) is 2.49. The van der Waals surface area contributed by atoms with Crippen molar-refractivity contribution in [3.8, 4) is 11.6 Å². The smallest absolute Gasteiger partial charge is 0.253 e. The van der Waals surface area contributed by atoms with Crippen molar-refractivity contribution in [2.24, 2.45) is 5.92 Å². The van der Waals surface area contributed by atoms with E-state index in [2.05, 4.69) is 25.8 Å². The fourth-order valence-corrected chi connectivity index (χ4v) is 3.18. The van der Waals surface area contributed by atoms with E-state index in [9.17, 15) is 9.59 Å². The van der Waals surface area contributed by atoms with Crippen molar-refractivity contribution in [1.82, 2.24) is 20.5 Å². The molecule has 2 unspecified atom stereocenters. The lowest BCUT2D eigenvalue weighted by atomic mass is 10.0. The van der Waals surface area contributed by atoms with Gasteiger partial charge in [-0.3, -0.25) is 9.59 Å². The van der Waals surface area contributed by atoms with Crippen LogP contribution in [0.2, 0.25) is 0 Å². The van der Waals surface area contributed by atoms with Crippen LogP contribution >= 0.6 is 11.3 Å². The van der Waals surface area contributed by atoms with Gasteiger partial charge in [0.05, 0.1) is 11.5 Å². The van der Waals surface area contributed by atoms with Crippen LogP contribution in [0, 0.1) is 5.92 Å². The molecule has 0 saturated carbocycles. The van der Waals surface area contributed by atoms with Crippen molar-refractivity contribution in [3.05, 3.63) is 59.2 Å². The van der Waals surface area contributed by atoms with Crippen molar-refractivity contribution < 1.29 is 14.3 Å². The summed E-state index contributed by atoms with van der Waals surface area (Å²) in [7, 11) is 0. The average molecular weight is 426 g/mol. The van der Waals surface area contributed by atoms with Crippen molar-refractivity contribution >= 4 is 28.3 Å². The Balaban J connectivity index is 1.54. The first-order valence-electron chi connectivity index (χ1n) is 9.59. The molecule has 156 valence electrons. The van der Waals surface area contributed by atoms with Crippen molar-refractivity contribution in [1.29, 1.82) is 0 Å². The molecule has 8 nitrogen and oxygen atoms in total. The zero-order chi connectivity index (χ0) is 21.5. The van der Waals surface area contributed by atoms with Crippen molar-refractivity contribution in [2.45, 2.75) is 33.2 Å². The molecule has 0 aliphatic heterocycles. The summed E-state index contributed by atoms with van der Waals surface area (Å²) >= 11 is 1.34. The third kappa shape index (κ3) is 5.60. The van der Waals surface area contributed by atoms with Gasteiger partial charge in [0, 0.05) is 18.3 Å². The van der Waals surface area contributed by atoms with Crippen molar-refractivity contribution in [2.75, 3.05) is 5.32 Å². The Labute approximate surface area is 178 Å². The van der Waals surface area contributed by atoms with E-state index in [4.69, 9.17) is 4.74 Å². The maximum Gasteiger partial charge on any atom is 0.253 e. The van der Waals surface area contributed by atoms with E-state index in [1.54, 1.807) is 26.0 Å². The van der Waals surface area contributed by atoms with Gasteiger partial charge in [-0.15, -0.1) is 10.2 Å². The molecule has 2 aromatic heterocycles. The van der Waals surface area contributed by atoms with Crippen LogP contribution < -0.4 is 15.4 Å². The van der Waals surface area contributed by atoms with Gasteiger partial charge < -0.3 is 15.4 Å². The summed E-state index contributed by atoms with van der Waals surface area (Å²) in [4.78, 5) is 29.1. The van der Waals surface area contributed by atoms with Gasteiger partial charge in [0.2, 0.25) is 16.9 Å². The second kappa shape index (κ2) is 9.93. The molecule has 30 heavy (non-hydrogen) atoms. The number of hydrogen-bond acceptors (Lipinski definition) is 7. The third-order valence-corrected chi connectivity index (χ3v) is 5.47. The number of anilines is 1. The second-order valence-electron chi connectivity index (χ2n) is 6.69. The van der Waals surface area contributed by atoms with Gasteiger partial charge in [0.1, 0.15) is 10.8 Å². The largest absolute Gasteiger partial charge is 0.439 e. The van der Waals surface area contributed by atoms with Crippen molar-refractivity contribution in [3.63, 3.8) is 0 Å². The van der Waals surface area contributed by atoms with E-state index >= 15 is 0 Å². The number of carbonyl (C=O) groups is 2. The van der Waals surface area contributed by atoms with E-state index in [1.165, 1.54) is 17.5 Å². The molecule has 2 N–H and O–H groups in total. The number of nitrogens with zero attached hydrogens (tertiary/aromatic N) is 3. The number of benzene rings is 1. The molecule has 0 aliphatic carbocycles. The Morgan fingerprint density at radius 1 is 1.10 bits per heavy atom. The van der Waals surface area contributed by atoms with Crippen LogP contribution in [0.15, 0.2) is 48.7 Å². The quantitative estimate of drug-likeness (QED) is 0.570. The molecule has 0 radical (unpaired) electrons. The predicted molar refractivity (Wildman–Crippen MR) is 115 cm³/mol. The first-order chi connectivity index (χ1) is 14.5. The Kier molecular flexibility index (Phi) is 7.08. The summed E-state index contributed by atoms with van der Waals surface area (Å²) in [6, 6.07) is 12.1. The Morgan fingerprint density at radius 3 is 2.50 bits per heavy atom. The summed E-state index contributed by atoms with van der Waals surface area (Å²) in [5.74, 6) is 0.0483. The molecule has 0 saturated heterocycles. The fraction of sp³-hybridized carbons (Fsp3) is 0.286.